The van der Waals surface area contributed by atoms with E-state index in [1.165, 1.54) is 0 Å². The third kappa shape index (κ3) is 5.85. The number of hydrogen-bond acceptors (Lipinski definition) is 3. The summed E-state index contributed by atoms with van der Waals surface area (Å²) in [5.41, 5.74) is 2.17. The molecule has 0 bridgehead atoms. The highest BCUT2D eigenvalue weighted by molar-refractivity contribution is 5.73. The van der Waals surface area contributed by atoms with Gasteiger partial charge in [-0.2, -0.15) is 0 Å². The molecule has 106 valence electrons. The number of methoxy groups -OCH3 is 1. The van der Waals surface area contributed by atoms with Gasteiger partial charge in [-0.15, -0.1) is 0 Å². The molecular formula is C15H23NO3. The average molecular weight is 265 g/mol. The van der Waals surface area contributed by atoms with E-state index in [4.69, 9.17) is 9.84 Å². The van der Waals surface area contributed by atoms with Gasteiger partial charge in [-0.05, 0) is 23.5 Å². The Kier molecular flexibility index (Phi) is 6.53. The Labute approximate surface area is 114 Å². The first-order chi connectivity index (χ1) is 9.02. The lowest BCUT2D eigenvalue weighted by Crippen LogP contribution is -2.37. The summed E-state index contributed by atoms with van der Waals surface area (Å²) >= 11 is 0. The van der Waals surface area contributed by atoms with Crippen LogP contribution in [-0.4, -0.2) is 24.2 Å². The SMILES string of the molecule is COCc1cccc(CNC(CC(C)C)C(=O)O)c1. The molecule has 1 rings (SSSR count). The lowest BCUT2D eigenvalue weighted by Gasteiger charge is -2.16. The maximum absolute atomic E-state index is 11.1. The number of aliphatic carboxylic acids is 1. The van der Waals surface area contributed by atoms with Crippen LogP contribution in [-0.2, 0) is 22.7 Å². The Balaban J connectivity index is 2.58. The molecule has 1 aromatic carbocycles. The molecule has 0 aliphatic heterocycles. The van der Waals surface area contributed by atoms with Gasteiger partial charge in [0.2, 0.25) is 0 Å². The largest absolute Gasteiger partial charge is 0.480 e. The summed E-state index contributed by atoms with van der Waals surface area (Å²) in [6.07, 6.45) is 0.632. The number of carboxylic acid groups (broad SMARTS) is 1. The van der Waals surface area contributed by atoms with Gasteiger partial charge in [0.25, 0.3) is 0 Å². The zero-order valence-corrected chi connectivity index (χ0v) is 11.8. The van der Waals surface area contributed by atoms with Crippen molar-refractivity contribution in [3.8, 4) is 0 Å². The number of hydrogen-bond donors (Lipinski definition) is 2. The third-order valence-corrected chi connectivity index (χ3v) is 2.86. The second kappa shape index (κ2) is 7.92. The summed E-state index contributed by atoms with van der Waals surface area (Å²) < 4.78 is 5.08. The molecule has 1 unspecified atom stereocenters. The van der Waals surface area contributed by atoms with Crippen LogP contribution in [0.2, 0.25) is 0 Å². The molecule has 0 radical (unpaired) electrons. The topological polar surface area (TPSA) is 58.6 Å². The number of carboxylic acids is 1. The highest BCUT2D eigenvalue weighted by Crippen LogP contribution is 2.09. The summed E-state index contributed by atoms with van der Waals surface area (Å²) in [4.78, 5) is 11.1. The normalized spacial score (nSPS) is 12.6. The van der Waals surface area contributed by atoms with Crippen LogP contribution in [0.5, 0.6) is 0 Å². The van der Waals surface area contributed by atoms with Gasteiger partial charge in [-0.3, -0.25) is 4.79 Å². The van der Waals surface area contributed by atoms with Gasteiger partial charge < -0.3 is 15.2 Å². The Hall–Kier alpha value is -1.39. The van der Waals surface area contributed by atoms with Crippen LogP contribution in [0.15, 0.2) is 24.3 Å². The fraction of sp³-hybridized carbons (Fsp3) is 0.533. The van der Waals surface area contributed by atoms with Gasteiger partial charge in [0.1, 0.15) is 6.04 Å². The second-order valence-electron chi connectivity index (χ2n) is 5.15. The Morgan fingerprint density at radius 3 is 2.63 bits per heavy atom. The summed E-state index contributed by atoms with van der Waals surface area (Å²) in [6, 6.07) is 7.48. The molecule has 4 heteroatoms. The van der Waals surface area contributed by atoms with Gasteiger partial charge >= 0.3 is 5.97 Å². The molecule has 1 aromatic rings. The molecule has 2 N–H and O–H groups in total. The van der Waals surface area contributed by atoms with Gasteiger partial charge in [0.15, 0.2) is 0 Å². The van der Waals surface area contributed by atoms with Gasteiger partial charge in [0.05, 0.1) is 6.61 Å². The highest BCUT2D eigenvalue weighted by Gasteiger charge is 2.17. The van der Waals surface area contributed by atoms with E-state index < -0.39 is 12.0 Å². The van der Waals surface area contributed by atoms with Crippen molar-refractivity contribution in [1.82, 2.24) is 5.32 Å². The van der Waals surface area contributed by atoms with Crippen LogP contribution >= 0.6 is 0 Å². The lowest BCUT2D eigenvalue weighted by atomic mass is 10.0. The predicted molar refractivity (Wildman–Crippen MR) is 74.9 cm³/mol. The minimum atomic E-state index is -0.790. The van der Waals surface area contributed by atoms with Crippen LogP contribution in [0.4, 0.5) is 0 Å². The summed E-state index contributed by atoms with van der Waals surface area (Å²) in [6.45, 7) is 5.18. The van der Waals surface area contributed by atoms with E-state index in [0.717, 1.165) is 11.1 Å². The molecule has 0 aliphatic carbocycles. The molecule has 19 heavy (non-hydrogen) atoms. The van der Waals surface area contributed by atoms with Crippen molar-refractivity contribution in [2.45, 2.75) is 39.5 Å². The maximum Gasteiger partial charge on any atom is 0.320 e. The number of rotatable bonds is 8. The number of carbonyl (C=O) groups is 1. The zero-order chi connectivity index (χ0) is 14.3. The van der Waals surface area contributed by atoms with Crippen LogP contribution in [0.25, 0.3) is 0 Å². The zero-order valence-electron chi connectivity index (χ0n) is 11.8. The molecule has 1 atom stereocenters. The van der Waals surface area contributed by atoms with E-state index in [1.807, 2.05) is 38.1 Å². The smallest absolute Gasteiger partial charge is 0.320 e. The molecule has 0 aliphatic rings. The summed E-state index contributed by atoms with van der Waals surface area (Å²) in [7, 11) is 1.66. The number of ether oxygens (including phenoxy) is 1. The molecule has 0 saturated carbocycles. The predicted octanol–water partition coefficient (Wildman–Crippen LogP) is 2.42. The quantitative estimate of drug-likeness (QED) is 0.758. The van der Waals surface area contributed by atoms with Gasteiger partial charge in [0, 0.05) is 13.7 Å². The Morgan fingerprint density at radius 1 is 1.37 bits per heavy atom. The van der Waals surface area contributed by atoms with Crippen molar-refractivity contribution in [3.05, 3.63) is 35.4 Å². The van der Waals surface area contributed by atoms with Crippen molar-refractivity contribution in [2.75, 3.05) is 7.11 Å². The first-order valence-electron chi connectivity index (χ1n) is 6.56. The van der Waals surface area contributed by atoms with E-state index in [0.29, 0.717) is 25.5 Å². The lowest BCUT2D eigenvalue weighted by molar-refractivity contribution is -0.140. The molecule has 0 fully saturated rings. The van der Waals surface area contributed by atoms with Crippen molar-refractivity contribution in [1.29, 1.82) is 0 Å². The third-order valence-electron chi connectivity index (χ3n) is 2.86. The van der Waals surface area contributed by atoms with Crippen molar-refractivity contribution < 1.29 is 14.6 Å². The molecule has 4 nitrogen and oxygen atoms in total. The van der Waals surface area contributed by atoms with E-state index >= 15 is 0 Å². The van der Waals surface area contributed by atoms with E-state index in [9.17, 15) is 4.79 Å². The Bertz CT molecular complexity index is 404. The van der Waals surface area contributed by atoms with Crippen LogP contribution < -0.4 is 5.32 Å². The second-order valence-corrected chi connectivity index (χ2v) is 5.15. The highest BCUT2D eigenvalue weighted by atomic mass is 16.5. The molecular weight excluding hydrogens is 242 g/mol. The number of benzene rings is 1. The van der Waals surface area contributed by atoms with E-state index in [1.54, 1.807) is 7.11 Å². The first-order valence-corrected chi connectivity index (χ1v) is 6.56. The molecule has 0 heterocycles. The van der Waals surface area contributed by atoms with Crippen LogP contribution in [0.1, 0.15) is 31.4 Å². The van der Waals surface area contributed by atoms with Gasteiger partial charge in [-0.25, -0.2) is 0 Å². The van der Waals surface area contributed by atoms with Crippen LogP contribution in [0.3, 0.4) is 0 Å². The first kappa shape index (κ1) is 15.7. The number of nitrogens with one attached hydrogen (secondary N) is 1. The fourth-order valence-corrected chi connectivity index (χ4v) is 1.98. The molecule has 0 aromatic heterocycles. The minimum absolute atomic E-state index is 0.355. The minimum Gasteiger partial charge on any atom is -0.480 e. The van der Waals surface area contributed by atoms with Gasteiger partial charge in [-0.1, -0.05) is 38.1 Å². The standard InChI is InChI=1S/C15H23NO3/c1-11(2)7-14(15(17)18)16-9-12-5-4-6-13(8-12)10-19-3/h4-6,8,11,14,16H,7,9-10H2,1-3H3,(H,17,18). The van der Waals surface area contributed by atoms with Crippen LogP contribution in [0, 0.1) is 5.92 Å². The Morgan fingerprint density at radius 2 is 2.05 bits per heavy atom. The summed E-state index contributed by atoms with van der Waals surface area (Å²) in [5.74, 6) is -0.435. The van der Waals surface area contributed by atoms with Crippen molar-refractivity contribution in [2.24, 2.45) is 5.92 Å². The molecule has 0 saturated heterocycles. The van der Waals surface area contributed by atoms with E-state index in [-0.39, 0.29) is 0 Å². The summed E-state index contributed by atoms with van der Waals surface area (Å²) in [5, 5.41) is 12.3. The maximum atomic E-state index is 11.1. The van der Waals surface area contributed by atoms with Crippen molar-refractivity contribution in [3.63, 3.8) is 0 Å². The van der Waals surface area contributed by atoms with E-state index in [2.05, 4.69) is 5.32 Å². The molecule has 0 amide bonds. The molecule has 0 spiro atoms. The van der Waals surface area contributed by atoms with Crippen molar-refractivity contribution >= 4 is 5.97 Å². The monoisotopic (exact) mass is 265 g/mol. The fourth-order valence-electron chi connectivity index (χ4n) is 1.98. The average Bonchev–Trinajstić information content (AvgIpc) is 2.34.